The van der Waals surface area contributed by atoms with Crippen molar-refractivity contribution in [2.24, 2.45) is 17.8 Å². The highest BCUT2D eigenvalue weighted by molar-refractivity contribution is 7.47. The lowest BCUT2D eigenvalue weighted by Crippen LogP contribution is -2.30. The van der Waals surface area contributed by atoms with E-state index < -0.39 is 97.5 Å². The number of hydrogen-bond donors (Lipinski definition) is 3. The molecule has 0 aliphatic heterocycles. The number of unbranched alkanes of at least 4 members (excludes halogenated alkanes) is 45. The lowest BCUT2D eigenvalue weighted by molar-refractivity contribution is -0.161. The van der Waals surface area contributed by atoms with Crippen molar-refractivity contribution >= 4 is 39.5 Å². The molecule has 0 aromatic rings. The Bertz CT molecular complexity index is 1920. The molecule has 0 spiro atoms. The normalized spacial score (nSPS) is 14.3. The van der Waals surface area contributed by atoms with Gasteiger partial charge in [0.05, 0.1) is 26.4 Å². The van der Waals surface area contributed by atoms with Gasteiger partial charge in [0.15, 0.2) is 12.2 Å². The Hall–Kier alpha value is -1.94. The largest absolute Gasteiger partial charge is 0.472 e. The number of carbonyl (C=O) groups excluding carboxylic acids is 4. The molecule has 0 radical (unpaired) electrons. The molecular weight excluding hydrogens is 1290 g/mol. The molecule has 0 aliphatic rings. The lowest BCUT2D eigenvalue weighted by atomic mass is 9.99. The molecule has 0 aliphatic carbocycles. The Labute approximate surface area is 607 Å². The van der Waals surface area contributed by atoms with Gasteiger partial charge in [0.1, 0.15) is 19.3 Å². The summed E-state index contributed by atoms with van der Waals surface area (Å²) in [7, 11) is -9.92. The van der Waals surface area contributed by atoms with Crippen molar-refractivity contribution in [1.29, 1.82) is 0 Å². The summed E-state index contributed by atoms with van der Waals surface area (Å²) < 4.78 is 68.6. The highest BCUT2D eigenvalue weighted by Crippen LogP contribution is 2.45. The molecule has 0 aromatic carbocycles. The van der Waals surface area contributed by atoms with E-state index >= 15 is 0 Å². The molecule has 0 amide bonds. The lowest BCUT2D eigenvalue weighted by Gasteiger charge is -2.21. The molecule has 6 atom stereocenters. The maximum atomic E-state index is 13.1. The minimum atomic E-state index is -4.96. The monoisotopic (exact) mass is 1450 g/mol. The number of aliphatic hydroxyl groups excluding tert-OH is 1. The number of carbonyl (C=O) groups is 4. The van der Waals surface area contributed by atoms with Gasteiger partial charge in [-0.2, -0.15) is 0 Å². The van der Waals surface area contributed by atoms with Crippen molar-refractivity contribution in [2.45, 2.75) is 433 Å². The summed E-state index contributed by atoms with van der Waals surface area (Å²) in [5.74, 6) is 0.151. The summed E-state index contributed by atoms with van der Waals surface area (Å²) in [4.78, 5) is 72.9. The van der Waals surface area contributed by atoms with E-state index in [1.165, 1.54) is 218 Å². The van der Waals surface area contributed by atoms with E-state index in [4.69, 9.17) is 37.0 Å². The molecule has 0 bridgehead atoms. The van der Waals surface area contributed by atoms with Gasteiger partial charge in [-0.05, 0) is 43.4 Å². The van der Waals surface area contributed by atoms with Gasteiger partial charge in [0.25, 0.3) is 0 Å². The van der Waals surface area contributed by atoms with E-state index in [1.54, 1.807) is 0 Å². The molecular formula is C80H156O17P2. The molecule has 3 N–H and O–H groups in total. The molecule has 0 saturated carbocycles. The molecule has 588 valence electrons. The van der Waals surface area contributed by atoms with Gasteiger partial charge >= 0.3 is 39.5 Å². The Morgan fingerprint density at radius 1 is 0.293 bits per heavy atom. The van der Waals surface area contributed by atoms with E-state index in [-0.39, 0.29) is 25.7 Å². The molecule has 0 heterocycles. The third-order valence-electron chi connectivity index (χ3n) is 19.0. The third kappa shape index (κ3) is 72.8. The predicted octanol–water partition coefficient (Wildman–Crippen LogP) is 23.7. The Morgan fingerprint density at radius 3 is 0.768 bits per heavy atom. The first-order valence-corrected chi connectivity index (χ1v) is 44.4. The molecule has 99 heavy (non-hydrogen) atoms. The maximum absolute atomic E-state index is 13.1. The topological polar surface area (TPSA) is 237 Å². The van der Waals surface area contributed by atoms with Crippen LogP contribution in [0.3, 0.4) is 0 Å². The van der Waals surface area contributed by atoms with Gasteiger partial charge in [-0.25, -0.2) is 9.13 Å². The van der Waals surface area contributed by atoms with Crippen molar-refractivity contribution in [3.8, 4) is 0 Å². The molecule has 0 saturated heterocycles. The van der Waals surface area contributed by atoms with Crippen LogP contribution >= 0.6 is 15.6 Å². The number of ether oxygens (including phenoxy) is 4. The highest BCUT2D eigenvalue weighted by Gasteiger charge is 2.30. The summed E-state index contributed by atoms with van der Waals surface area (Å²) in [5, 5.41) is 10.6. The number of phosphoric ester groups is 2. The molecule has 3 unspecified atom stereocenters. The second-order valence-corrected chi connectivity index (χ2v) is 32.9. The van der Waals surface area contributed by atoms with Crippen LogP contribution in [-0.4, -0.2) is 96.7 Å². The van der Waals surface area contributed by atoms with Crippen molar-refractivity contribution in [3.05, 3.63) is 0 Å². The molecule has 0 rings (SSSR count). The van der Waals surface area contributed by atoms with Crippen LogP contribution in [0.4, 0.5) is 0 Å². The number of rotatable bonds is 78. The Morgan fingerprint density at radius 2 is 0.515 bits per heavy atom. The van der Waals surface area contributed by atoms with Gasteiger partial charge in [0.2, 0.25) is 0 Å². The summed E-state index contributed by atoms with van der Waals surface area (Å²) in [6.07, 6.45) is 58.5. The number of esters is 4. The Balaban J connectivity index is 5.21. The van der Waals surface area contributed by atoms with Gasteiger partial charge in [-0.3, -0.25) is 37.3 Å². The van der Waals surface area contributed by atoms with Crippen molar-refractivity contribution < 1.29 is 80.2 Å². The van der Waals surface area contributed by atoms with Crippen LogP contribution in [0.2, 0.25) is 0 Å². The van der Waals surface area contributed by atoms with Crippen molar-refractivity contribution in [3.63, 3.8) is 0 Å². The second kappa shape index (κ2) is 70.4. The van der Waals surface area contributed by atoms with Crippen LogP contribution in [0, 0.1) is 17.8 Å². The maximum Gasteiger partial charge on any atom is 0.472 e. The van der Waals surface area contributed by atoms with Gasteiger partial charge < -0.3 is 33.8 Å². The summed E-state index contributed by atoms with van der Waals surface area (Å²) in [6.45, 7) is 11.9. The average Bonchev–Trinajstić information content (AvgIpc) is 1.01. The van der Waals surface area contributed by atoms with Gasteiger partial charge in [-0.1, -0.05) is 363 Å². The second-order valence-electron chi connectivity index (χ2n) is 30.0. The third-order valence-corrected chi connectivity index (χ3v) is 20.9. The summed E-state index contributed by atoms with van der Waals surface area (Å²) in [5.41, 5.74) is 0. The first-order chi connectivity index (χ1) is 47.8. The molecule has 19 heteroatoms. The van der Waals surface area contributed by atoms with E-state index in [0.717, 1.165) is 108 Å². The zero-order chi connectivity index (χ0) is 73.0. The van der Waals surface area contributed by atoms with Gasteiger partial charge in [0, 0.05) is 25.7 Å². The predicted molar refractivity (Wildman–Crippen MR) is 405 cm³/mol. The van der Waals surface area contributed by atoms with E-state index in [1.807, 2.05) is 0 Å². The molecule has 17 nitrogen and oxygen atoms in total. The summed E-state index contributed by atoms with van der Waals surface area (Å²) in [6, 6.07) is 0. The molecule has 0 aromatic heterocycles. The number of aliphatic hydroxyl groups is 1. The quantitative estimate of drug-likeness (QED) is 0.0222. The molecule has 0 fully saturated rings. The van der Waals surface area contributed by atoms with E-state index in [2.05, 4.69) is 48.5 Å². The van der Waals surface area contributed by atoms with Gasteiger partial charge in [-0.15, -0.1) is 0 Å². The number of hydrogen-bond acceptors (Lipinski definition) is 15. The first-order valence-electron chi connectivity index (χ1n) is 41.4. The number of phosphoric acid groups is 2. The zero-order valence-corrected chi connectivity index (χ0v) is 66.8. The first kappa shape index (κ1) is 97.1. The van der Waals surface area contributed by atoms with Crippen LogP contribution in [0.5, 0.6) is 0 Å². The average molecular weight is 1450 g/mol. The Kier molecular flexibility index (Phi) is 69.0. The smallest absolute Gasteiger partial charge is 0.462 e. The van der Waals surface area contributed by atoms with Crippen molar-refractivity contribution in [1.82, 2.24) is 0 Å². The fraction of sp³-hybridized carbons (Fsp3) is 0.950. The van der Waals surface area contributed by atoms with Crippen LogP contribution in [0.25, 0.3) is 0 Å². The van der Waals surface area contributed by atoms with Crippen LogP contribution < -0.4 is 0 Å². The summed E-state index contributed by atoms with van der Waals surface area (Å²) >= 11 is 0. The minimum absolute atomic E-state index is 0.105. The van der Waals surface area contributed by atoms with E-state index in [9.17, 15) is 43.2 Å². The zero-order valence-electron chi connectivity index (χ0n) is 65.0. The minimum Gasteiger partial charge on any atom is -0.462 e. The standard InChI is InChI=1S/C80H156O17P2/c1-8-10-11-12-13-14-15-16-17-18-19-20-21-22-23-24-25-26-34-41-49-56-63-79(84)96-75(67-90-77(82)61-54-47-40-33-30-28-32-39-46-53-60-73(7)9-2)69-94-98(86,87)92-65-74(81)66-93-99(88,89)95-70-76(68-91-78(83)62-55-48-43-36-38-45-52-59-72(5)6)97-80(85)64-57-50-42-35-29-27-31-37-44-51-58-71(3)4/h71-76,81H,8-70H2,1-7H3,(H,86,87)(H,88,89)/t73?,74-,75-,76-/m1/s1. The van der Waals surface area contributed by atoms with Crippen molar-refractivity contribution in [2.75, 3.05) is 39.6 Å². The fourth-order valence-electron chi connectivity index (χ4n) is 12.3. The van der Waals surface area contributed by atoms with E-state index in [0.29, 0.717) is 31.6 Å². The fourth-order valence-corrected chi connectivity index (χ4v) is 13.9. The SMILES string of the molecule is CCCCCCCCCCCCCCCCCCCCCCCCC(=O)O[C@H](COC(=O)CCCCCCCCCCCCC(C)CC)COP(=O)(O)OC[C@@H](O)COP(=O)(O)OC[C@@H](COC(=O)CCCCCCCCCC(C)C)OC(=O)CCCCCCCCCCCCC(C)C. The van der Waals surface area contributed by atoms with Crippen LogP contribution in [0.1, 0.15) is 414 Å². The van der Waals surface area contributed by atoms with Crippen LogP contribution in [-0.2, 0) is 65.4 Å². The van der Waals surface area contributed by atoms with Crippen LogP contribution in [0.15, 0.2) is 0 Å². The highest BCUT2D eigenvalue weighted by atomic mass is 31.2.